The Morgan fingerprint density at radius 2 is 0.516 bits per heavy atom. The third-order valence-corrected chi connectivity index (χ3v) is 19.7. The molecule has 0 saturated heterocycles. The zero-order valence-corrected chi connectivity index (χ0v) is 62.7. The highest BCUT2D eigenvalue weighted by Crippen LogP contribution is 2.45. The van der Waals surface area contributed by atoms with Gasteiger partial charge in [-0.2, -0.15) is 0 Å². The molecule has 0 aliphatic carbocycles. The van der Waals surface area contributed by atoms with Crippen molar-refractivity contribution in [1.29, 1.82) is 0 Å². The normalized spacial score (nSPS) is 14.8. The van der Waals surface area contributed by atoms with E-state index in [-0.39, 0.29) is 25.7 Å². The van der Waals surface area contributed by atoms with Crippen LogP contribution in [-0.2, 0) is 65.4 Å². The first kappa shape index (κ1) is 91.1. The molecule has 0 radical (unpaired) electrons. The largest absolute Gasteiger partial charge is 0.472 e. The molecular weight excluding hydrogens is 1220 g/mol. The fourth-order valence-electron chi connectivity index (χ4n) is 11.1. The van der Waals surface area contributed by atoms with E-state index in [2.05, 4.69) is 55.4 Å². The van der Waals surface area contributed by atoms with Crippen LogP contribution in [0.3, 0.4) is 0 Å². The van der Waals surface area contributed by atoms with Gasteiger partial charge in [-0.05, 0) is 49.4 Å². The molecule has 17 nitrogen and oxygen atoms in total. The summed E-state index contributed by atoms with van der Waals surface area (Å²) in [5.41, 5.74) is 0. The Labute approximate surface area is 568 Å². The van der Waals surface area contributed by atoms with Crippen molar-refractivity contribution >= 4 is 39.5 Å². The van der Waals surface area contributed by atoms with E-state index in [0.29, 0.717) is 25.7 Å². The Bertz CT molecular complexity index is 1840. The number of esters is 4. The second-order valence-electron chi connectivity index (χ2n) is 28.1. The Morgan fingerprint density at radius 3 is 0.763 bits per heavy atom. The molecule has 0 bridgehead atoms. The van der Waals surface area contributed by atoms with E-state index in [0.717, 1.165) is 120 Å². The first-order valence-electron chi connectivity index (χ1n) is 38.3. The molecule has 552 valence electrons. The van der Waals surface area contributed by atoms with Crippen molar-refractivity contribution in [2.75, 3.05) is 39.6 Å². The van der Waals surface area contributed by atoms with Gasteiger partial charge >= 0.3 is 39.5 Å². The van der Waals surface area contributed by atoms with E-state index in [1.165, 1.54) is 167 Å². The second-order valence-corrected chi connectivity index (χ2v) is 31.0. The summed E-state index contributed by atoms with van der Waals surface area (Å²) >= 11 is 0. The number of phosphoric acid groups is 2. The lowest BCUT2D eigenvalue weighted by Gasteiger charge is -2.21. The maximum Gasteiger partial charge on any atom is 0.472 e. The summed E-state index contributed by atoms with van der Waals surface area (Å²) in [7, 11) is -9.91. The van der Waals surface area contributed by atoms with Crippen molar-refractivity contribution in [1.82, 2.24) is 0 Å². The van der Waals surface area contributed by atoms with Crippen LogP contribution in [0, 0.1) is 23.7 Å². The maximum absolute atomic E-state index is 13.1. The van der Waals surface area contributed by atoms with Crippen LogP contribution < -0.4 is 0 Å². The van der Waals surface area contributed by atoms with Crippen molar-refractivity contribution in [3.63, 3.8) is 0 Å². The summed E-state index contributed by atoms with van der Waals surface area (Å²) in [6.07, 6.45) is 47.1. The van der Waals surface area contributed by atoms with Crippen LogP contribution in [0.25, 0.3) is 0 Å². The van der Waals surface area contributed by atoms with Crippen LogP contribution in [0.5, 0.6) is 0 Å². The average Bonchev–Trinajstić information content (AvgIpc) is 2.28. The van der Waals surface area contributed by atoms with Gasteiger partial charge in [-0.3, -0.25) is 37.3 Å². The van der Waals surface area contributed by atoms with E-state index in [1.807, 2.05) is 0 Å². The van der Waals surface area contributed by atoms with Crippen LogP contribution in [0.15, 0.2) is 0 Å². The minimum atomic E-state index is -4.96. The lowest BCUT2D eigenvalue weighted by atomic mass is 9.99. The molecule has 0 heterocycles. The van der Waals surface area contributed by atoms with Crippen LogP contribution in [0.4, 0.5) is 0 Å². The number of aliphatic hydroxyl groups is 1. The quantitative estimate of drug-likeness (QED) is 0.0222. The Balaban J connectivity index is 5.25. The Kier molecular flexibility index (Phi) is 62.2. The smallest absolute Gasteiger partial charge is 0.462 e. The molecule has 0 aromatic carbocycles. The van der Waals surface area contributed by atoms with Gasteiger partial charge in [-0.1, -0.05) is 319 Å². The molecule has 19 heteroatoms. The monoisotopic (exact) mass is 1370 g/mol. The number of carbonyl (C=O) groups is 4. The maximum atomic E-state index is 13.1. The van der Waals surface area contributed by atoms with Gasteiger partial charge in [0.2, 0.25) is 0 Å². The lowest BCUT2D eigenvalue weighted by molar-refractivity contribution is -0.161. The van der Waals surface area contributed by atoms with E-state index in [1.54, 1.807) is 0 Å². The Morgan fingerprint density at radius 1 is 0.301 bits per heavy atom. The van der Waals surface area contributed by atoms with E-state index < -0.39 is 97.5 Å². The molecule has 4 unspecified atom stereocenters. The summed E-state index contributed by atoms with van der Waals surface area (Å²) in [5.74, 6) is 0.943. The summed E-state index contributed by atoms with van der Waals surface area (Å²) < 4.78 is 68.5. The number of rotatable bonds is 71. The molecular formula is C74H144O17P2. The van der Waals surface area contributed by atoms with Crippen molar-refractivity contribution in [3.05, 3.63) is 0 Å². The van der Waals surface area contributed by atoms with Crippen LogP contribution in [0.2, 0.25) is 0 Å². The predicted molar refractivity (Wildman–Crippen MR) is 377 cm³/mol. The topological polar surface area (TPSA) is 237 Å². The summed E-state index contributed by atoms with van der Waals surface area (Å²) in [4.78, 5) is 72.7. The van der Waals surface area contributed by atoms with E-state index in [9.17, 15) is 43.2 Å². The predicted octanol–water partition coefficient (Wildman–Crippen LogP) is 21.3. The highest BCUT2D eigenvalue weighted by Gasteiger charge is 2.30. The van der Waals surface area contributed by atoms with Gasteiger partial charge in [0.25, 0.3) is 0 Å². The molecule has 0 fully saturated rings. The molecule has 0 aromatic heterocycles. The van der Waals surface area contributed by atoms with Gasteiger partial charge in [0.15, 0.2) is 12.2 Å². The number of ether oxygens (including phenoxy) is 4. The second kappa shape index (κ2) is 63.5. The zero-order chi connectivity index (χ0) is 68.9. The number of unbranched alkanes of at least 4 members (excludes halogenated alkanes) is 35. The number of hydrogen-bond donors (Lipinski definition) is 3. The van der Waals surface area contributed by atoms with Crippen molar-refractivity contribution < 1.29 is 80.2 Å². The van der Waals surface area contributed by atoms with Gasteiger partial charge in [0.05, 0.1) is 26.4 Å². The lowest BCUT2D eigenvalue weighted by Crippen LogP contribution is -2.30. The molecule has 0 aliphatic heterocycles. The number of aliphatic hydroxyl groups excluding tert-OH is 1. The average molecular weight is 1370 g/mol. The van der Waals surface area contributed by atoms with Crippen LogP contribution in [-0.4, -0.2) is 96.7 Å². The molecule has 0 amide bonds. The first-order chi connectivity index (χ1) is 44.7. The third kappa shape index (κ3) is 65.8. The summed E-state index contributed by atoms with van der Waals surface area (Å²) in [6.45, 7) is 14.2. The molecule has 3 N–H and O–H groups in total. The third-order valence-electron chi connectivity index (χ3n) is 17.8. The zero-order valence-electron chi connectivity index (χ0n) is 60.9. The van der Waals surface area contributed by atoms with Gasteiger partial charge in [0.1, 0.15) is 19.3 Å². The van der Waals surface area contributed by atoms with E-state index >= 15 is 0 Å². The van der Waals surface area contributed by atoms with Crippen molar-refractivity contribution in [2.45, 2.75) is 388 Å². The minimum Gasteiger partial charge on any atom is -0.462 e. The van der Waals surface area contributed by atoms with Crippen LogP contribution in [0.1, 0.15) is 370 Å². The molecule has 7 atom stereocenters. The fourth-order valence-corrected chi connectivity index (χ4v) is 12.7. The SMILES string of the molecule is CCC(C)CCCCCCCCCCC(=O)O[C@H](COC(=O)CCCCCCCCCCCCCCCC(C)C)COP(=O)(O)OC[C@@H](O)COP(=O)(O)OC[C@@H](COC(=O)CCCCCCCCC(C)CC)OC(=O)CCCCCCCCCCCCCCC(C)C. The minimum absolute atomic E-state index is 0.105. The standard InChI is InChI=1S/C74H144O17P2/c1-9-66(7)52-44-36-28-24-25-31-41-49-57-74(79)91-69(60-84-71(76)54-46-38-29-22-18-13-11-12-16-20-26-34-42-50-64(3)4)62-88-92(80,81)86-58-68(75)59-87-93(82,83)89-63-70(61-85-72(77)55-47-39-33-32-37-45-53-67(8)10-2)90-73(78)56-48-40-30-23-19-15-14-17-21-27-35-43-51-65(5)6/h64-70,75H,9-63H2,1-8H3,(H,80,81)(H,82,83)/t66?,67?,68-,69-,70-/m1/s1. The molecule has 93 heavy (non-hydrogen) atoms. The summed E-state index contributed by atoms with van der Waals surface area (Å²) in [6, 6.07) is 0. The van der Waals surface area contributed by atoms with Crippen LogP contribution >= 0.6 is 15.6 Å². The number of hydrogen-bond acceptors (Lipinski definition) is 15. The highest BCUT2D eigenvalue weighted by atomic mass is 31.2. The number of carbonyl (C=O) groups excluding carboxylic acids is 4. The van der Waals surface area contributed by atoms with Gasteiger partial charge < -0.3 is 33.8 Å². The first-order valence-corrected chi connectivity index (χ1v) is 41.3. The molecule has 0 rings (SSSR count). The van der Waals surface area contributed by atoms with Gasteiger partial charge in [-0.25, -0.2) is 9.13 Å². The van der Waals surface area contributed by atoms with Gasteiger partial charge in [-0.15, -0.1) is 0 Å². The summed E-state index contributed by atoms with van der Waals surface area (Å²) in [5, 5.41) is 10.6. The fraction of sp³-hybridized carbons (Fsp3) is 0.946. The number of phosphoric ester groups is 2. The Hall–Kier alpha value is -1.94. The van der Waals surface area contributed by atoms with Gasteiger partial charge in [0, 0.05) is 25.7 Å². The molecule has 0 spiro atoms. The van der Waals surface area contributed by atoms with Crippen molar-refractivity contribution in [2.24, 2.45) is 23.7 Å². The molecule has 0 aromatic rings. The van der Waals surface area contributed by atoms with E-state index in [4.69, 9.17) is 37.0 Å². The highest BCUT2D eigenvalue weighted by molar-refractivity contribution is 7.47. The molecule has 0 aliphatic rings. The molecule has 0 saturated carbocycles. The van der Waals surface area contributed by atoms with Crippen molar-refractivity contribution in [3.8, 4) is 0 Å².